The minimum Gasteiger partial charge on any atom is -0.395 e. The van der Waals surface area contributed by atoms with Crippen LogP contribution in [0.15, 0.2) is 24.3 Å². The molecule has 0 bridgehead atoms. The highest BCUT2D eigenvalue weighted by Gasteiger charge is 2.26. The molecule has 20 heavy (non-hydrogen) atoms. The number of hydrogen-bond acceptors (Lipinski definition) is 4. The van der Waals surface area contributed by atoms with Crippen LogP contribution in [0.3, 0.4) is 0 Å². The van der Waals surface area contributed by atoms with E-state index in [-0.39, 0.29) is 30.4 Å². The van der Waals surface area contributed by atoms with E-state index in [0.29, 0.717) is 18.8 Å². The summed E-state index contributed by atoms with van der Waals surface area (Å²) in [5.41, 5.74) is 6.73. The van der Waals surface area contributed by atoms with Crippen molar-refractivity contribution < 1.29 is 14.2 Å². The number of halogens is 1. The Balaban J connectivity index is 2.00. The van der Waals surface area contributed by atoms with Gasteiger partial charge in [0, 0.05) is 24.7 Å². The van der Waals surface area contributed by atoms with E-state index in [1.807, 2.05) is 6.92 Å². The van der Waals surface area contributed by atoms with Crippen molar-refractivity contribution in [3.05, 3.63) is 35.6 Å². The van der Waals surface area contributed by atoms with Crippen molar-refractivity contribution in [2.45, 2.75) is 19.0 Å². The van der Waals surface area contributed by atoms with Crippen LogP contribution in [-0.2, 0) is 4.74 Å². The molecule has 112 valence electrons. The van der Waals surface area contributed by atoms with Gasteiger partial charge in [-0.3, -0.25) is 4.90 Å². The summed E-state index contributed by atoms with van der Waals surface area (Å²) in [6.45, 7) is 4.79. The van der Waals surface area contributed by atoms with Crippen LogP contribution in [0, 0.1) is 11.7 Å². The fourth-order valence-electron chi connectivity index (χ4n) is 2.63. The fraction of sp³-hybridized carbons (Fsp3) is 0.600. The number of aliphatic hydroxyl groups is 1. The average Bonchev–Trinajstić information content (AvgIpc) is 2.47. The van der Waals surface area contributed by atoms with E-state index >= 15 is 0 Å². The highest BCUT2D eigenvalue weighted by molar-refractivity contribution is 5.21. The van der Waals surface area contributed by atoms with Gasteiger partial charge in [0.25, 0.3) is 0 Å². The van der Waals surface area contributed by atoms with Crippen molar-refractivity contribution in [1.82, 2.24) is 4.90 Å². The highest BCUT2D eigenvalue weighted by Crippen LogP contribution is 2.23. The van der Waals surface area contributed by atoms with Gasteiger partial charge in [-0.1, -0.05) is 25.1 Å². The van der Waals surface area contributed by atoms with Crippen molar-refractivity contribution in [2.24, 2.45) is 11.7 Å². The Labute approximate surface area is 119 Å². The minimum atomic E-state index is -0.349. The summed E-state index contributed by atoms with van der Waals surface area (Å²) in [5.74, 6) is -0.161. The summed E-state index contributed by atoms with van der Waals surface area (Å²) >= 11 is 0. The van der Waals surface area contributed by atoms with Crippen molar-refractivity contribution in [2.75, 3.05) is 32.9 Å². The first-order chi connectivity index (χ1) is 9.63. The van der Waals surface area contributed by atoms with Crippen LogP contribution >= 0.6 is 0 Å². The van der Waals surface area contributed by atoms with Crippen LogP contribution in [0.4, 0.5) is 4.39 Å². The smallest absolute Gasteiger partial charge is 0.127 e. The van der Waals surface area contributed by atoms with Gasteiger partial charge >= 0.3 is 0 Å². The van der Waals surface area contributed by atoms with Crippen LogP contribution in [0.25, 0.3) is 0 Å². The number of morpholine rings is 1. The number of nitrogens with zero attached hydrogens (tertiary/aromatic N) is 1. The molecule has 0 saturated carbocycles. The zero-order chi connectivity index (χ0) is 14.5. The van der Waals surface area contributed by atoms with E-state index in [9.17, 15) is 9.50 Å². The van der Waals surface area contributed by atoms with Gasteiger partial charge in [0.15, 0.2) is 0 Å². The van der Waals surface area contributed by atoms with Gasteiger partial charge in [-0.15, -0.1) is 0 Å². The number of nitrogens with two attached hydrogens (primary N) is 1. The third-order valence-corrected chi connectivity index (χ3v) is 3.96. The fourth-order valence-corrected chi connectivity index (χ4v) is 2.63. The maximum Gasteiger partial charge on any atom is 0.127 e. The second-order valence-electron chi connectivity index (χ2n) is 5.43. The molecule has 1 fully saturated rings. The zero-order valence-corrected chi connectivity index (χ0v) is 11.8. The summed E-state index contributed by atoms with van der Waals surface area (Å²) in [5, 5.41) is 9.36. The molecule has 1 saturated heterocycles. The van der Waals surface area contributed by atoms with E-state index in [0.717, 1.165) is 13.1 Å². The molecule has 0 aromatic heterocycles. The molecular formula is C15H23FN2O2. The number of hydrogen-bond donors (Lipinski definition) is 2. The molecule has 4 nitrogen and oxygen atoms in total. The van der Waals surface area contributed by atoms with Gasteiger partial charge in [0.2, 0.25) is 0 Å². The predicted molar refractivity (Wildman–Crippen MR) is 75.8 cm³/mol. The van der Waals surface area contributed by atoms with Crippen LogP contribution in [-0.4, -0.2) is 49.0 Å². The molecule has 2 rings (SSSR count). The molecule has 1 aliphatic heterocycles. The number of aliphatic hydroxyl groups excluding tert-OH is 1. The Bertz CT molecular complexity index is 430. The largest absolute Gasteiger partial charge is 0.395 e. The summed E-state index contributed by atoms with van der Waals surface area (Å²) in [6.07, 6.45) is 0. The number of ether oxygens (including phenoxy) is 1. The Morgan fingerprint density at radius 2 is 2.25 bits per heavy atom. The summed E-state index contributed by atoms with van der Waals surface area (Å²) in [7, 11) is 0. The van der Waals surface area contributed by atoms with Crippen molar-refractivity contribution in [3.63, 3.8) is 0 Å². The maximum atomic E-state index is 13.8. The van der Waals surface area contributed by atoms with Crippen molar-refractivity contribution in [3.8, 4) is 0 Å². The second-order valence-corrected chi connectivity index (χ2v) is 5.43. The van der Waals surface area contributed by atoms with Crippen molar-refractivity contribution in [1.29, 1.82) is 0 Å². The molecule has 1 aromatic rings. The van der Waals surface area contributed by atoms with E-state index in [4.69, 9.17) is 10.5 Å². The van der Waals surface area contributed by atoms with Crippen LogP contribution in [0.1, 0.15) is 18.5 Å². The third-order valence-electron chi connectivity index (χ3n) is 3.96. The third kappa shape index (κ3) is 3.55. The molecule has 0 amide bonds. The molecular weight excluding hydrogens is 259 g/mol. The van der Waals surface area contributed by atoms with E-state index in [1.54, 1.807) is 18.2 Å². The van der Waals surface area contributed by atoms with Crippen LogP contribution < -0.4 is 5.73 Å². The highest BCUT2D eigenvalue weighted by atomic mass is 19.1. The van der Waals surface area contributed by atoms with E-state index < -0.39 is 0 Å². The van der Waals surface area contributed by atoms with E-state index in [2.05, 4.69) is 4.90 Å². The zero-order valence-electron chi connectivity index (χ0n) is 11.8. The molecule has 1 aliphatic rings. The molecule has 3 N–H and O–H groups in total. The molecule has 0 spiro atoms. The Morgan fingerprint density at radius 1 is 1.50 bits per heavy atom. The molecule has 0 aliphatic carbocycles. The number of benzene rings is 1. The molecule has 0 radical (unpaired) electrons. The first kappa shape index (κ1) is 15.4. The standard InChI is InChI=1S/C15H23FN2O2/c1-11(8-18-6-7-20-10-12(18)9-19)15(17)13-4-2-3-5-14(13)16/h2-5,11-12,15,19H,6-10,17H2,1H3. The SMILES string of the molecule is CC(CN1CCOCC1CO)C(N)c1ccccc1F. The Morgan fingerprint density at radius 3 is 2.95 bits per heavy atom. The first-order valence-electron chi connectivity index (χ1n) is 7.06. The molecule has 5 heteroatoms. The summed E-state index contributed by atoms with van der Waals surface area (Å²) in [4.78, 5) is 2.18. The van der Waals surface area contributed by atoms with Gasteiger partial charge in [0.1, 0.15) is 5.82 Å². The summed E-state index contributed by atoms with van der Waals surface area (Å²) in [6, 6.07) is 6.31. The van der Waals surface area contributed by atoms with E-state index in [1.165, 1.54) is 6.07 Å². The van der Waals surface area contributed by atoms with Gasteiger partial charge in [-0.2, -0.15) is 0 Å². The lowest BCUT2D eigenvalue weighted by atomic mass is 9.94. The van der Waals surface area contributed by atoms with Crippen molar-refractivity contribution >= 4 is 0 Å². The minimum absolute atomic E-state index is 0.0130. The van der Waals surface area contributed by atoms with Crippen LogP contribution in [0.2, 0.25) is 0 Å². The second kappa shape index (κ2) is 7.13. The van der Waals surface area contributed by atoms with Crippen LogP contribution in [0.5, 0.6) is 0 Å². The molecule has 1 heterocycles. The number of rotatable bonds is 5. The summed E-state index contributed by atoms with van der Waals surface area (Å²) < 4.78 is 19.1. The van der Waals surface area contributed by atoms with Gasteiger partial charge in [-0.25, -0.2) is 4.39 Å². The lowest BCUT2D eigenvalue weighted by Gasteiger charge is -2.37. The topological polar surface area (TPSA) is 58.7 Å². The van der Waals surface area contributed by atoms with Gasteiger partial charge < -0.3 is 15.6 Å². The monoisotopic (exact) mass is 282 g/mol. The maximum absolute atomic E-state index is 13.8. The Hall–Kier alpha value is -1.01. The normalized spacial score (nSPS) is 23.5. The quantitative estimate of drug-likeness (QED) is 0.851. The Kier molecular flexibility index (Phi) is 5.48. The molecule has 3 unspecified atom stereocenters. The van der Waals surface area contributed by atoms with Gasteiger partial charge in [-0.05, 0) is 12.0 Å². The van der Waals surface area contributed by atoms with Gasteiger partial charge in [0.05, 0.1) is 25.9 Å². The lowest BCUT2D eigenvalue weighted by molar-refractivity contribution is -0.0338. The first-order valence-corrected chi connectivity index (χ1v) is 7.06. The predicted octanol–water partition coefficient (Wildman–Crippen LogP) is 1.15. The lowest BCUT2D eigenvalue weighted by Crippen LogP contribution is -2.49. The average molecular weight is 282 g/mol. The molecule has 1 aromatic carbocycles. The molecule has 3 atom stereocenters.